The van der Waals surface area contributed by atoms with Crippen LogP contribution in [0, 0.1) is 0 Å². The van der Waals surface area contributed by atoms with Gasteiger partial charge < -0.3 is 19.9 Å². The molecule has 4 rings (SSSR count). The van der Waals surface area contributed by atoms with Crippen LogP contribution >= 0.6 is 0 Å². The number of rotatable bonds is 9. The number of hydrogen-bond donors (Lipinski definition) is 5. The highest BCUT2D eigenvalue weighted by atomic mass is 32.2. The molecular weight excluding hydrogens is 578 g/mol. The number of Topliss-reactive ketones (excluding diaryl/α,β-unsaturated/α-hetero) is 1. The van der Waals surface area contributed by atoms with Crippen molar-refractivity contribution in [2.24, 2.45) is 0 Å². The van der Waals surface area contributed by atoms with E-state index >= 15 is 0 Å². The molecule has 0 fully saturated rings. The van der Waals surface area contributed by atoms with Gasteiger partial charge in [0, 0.05) is 5.69 Å². The molecule has 1 aromatic heterocycles. The highest BCUT2D eigenvalue weighted by Gasteiger charge is 2.27. The molecule has 5 N–H and O–H groups in total. The summed E-state index contributed by atoms with van der Waals surface area (Å²) in [5.74, 6) is -4.65. The van der Waals surface area contributed by atoms with Gasteiger partial charge in [-0.1, -0.05) is 36.4 Å². The van der Waals surface area contributed by atoms with E-state index in [-0.39, 0.29) is 26.9 Å². The Kier molecular flexibility index (Phi) is 7.84. The summed E-state index contributed by atoms with van der Waals surface area (Å²) in [6, 6.07) is 17.9. The summed E-state index contributed by atoms with van der Waals surface area (Å²) in [5, 5.41) is 22.6. The van der Waals surface area contributed by atoms with Crippen LogP contribution in [-0.2, 0) is 20.0 Å². The molecule has 0 aliphatic carbocycles. The molecule has 1 amide bonds. The van der Waals surface area contributed by atoms with Gasteiger partial charge in [0.05, 0.1) is 21.2 Å². The largest absolute Gasteiger partial charge is 0.506 e. The molecule has 0 atom stereocenters. The van der Waals surface area contributed by atoms with Crippen LogP contribution in [0.5, 0.6) is 11.7 Å². The molecule has 0 spiro atoms. The first kappa shape index (κ1) is 28.8. The monoisotopic (exact) mass is 599 g/mol. The molecule has 0 radical (unpaired) electrons. The first-order valence-electron chi connectivity index (χ1n) is 11.5. The van der Waals surface area contributed by atoms with Crippen molar-refractivity contribution in [3.63, 3.8) is 0 Å². The summed E-state index contributed by atoms with van der Waals surface area (Å²) in [5.41, 5.74) is -3.81. The van der Waals surface area contributed by atoms with Crippen molar-refractivity contribution in [1.29, 1.82) is 0 Å². The average Bonchev–Trinajstić information content (AvgIpc) is 2.88. The number of ketones is 1. The van der Waals surface area contributed by atoms with E-state index in [1.54, 1.807) is 12.1 Å². The lowest BCUT2D eigenvalue weighted by Gasteiger charge is -2.15. The van der Waals surface area contributed by atoms with Crippen LogP contribution in [-0.4, -0.2) is 38.7 Å². The summed E-state index contributed by atoms with van der Waals surface area (Å²) < 4.78 is 60.8. The summed E-state index contributed by atoms with van der Waals surface area (Å²) in [4.78, 5) is 36.4. The first-order chi connectivity index (χ1) is 19.3. The zero-order valence-electron chi connectivity index (χ0n) is 21.0. The van der Waals surface area contributed by atoms with Crippen molar-refractivity contribution < 1.29 is 41.1 Å². The van der Waals surface area contributed by atoms with Crippen LogP contribution in [0.15, 0.2) is 97.9 Å². The highest BCUT2D eigenvalue weighted by Crippen LogP contribution is 2.31. The molecule has 0 saturated carbocycles. The number of aromatic hydroxyl groups is 2. The lowest BCUT2D eigenvalue weighted by Crippen LogP contribution is -2.19. The Labute approximate surface area is 233 Å². The summed E-state index contributed by atoms with van der Waals surface area (Å²) >= 11 is 0. The van der Waals surface area contributed by atoms with Gasteiger partial charge in [0.2, 0.25) is 0 Å². The Morgan fingerprint density at radius 3 is 1.59 bits per heavy atom. The predicted octanol–water partition coefficient (Wildman–Crippen LogP) is 3.11. The zero-order valence-corrected chi connectivity index (χ0v) is 22.6. The van der Waals surface area contributed by atoms with E-state index in [9.17, 15) is 41.4 Å². The fourth-order valence-electron chi connectivity index (χ4n) is 3.67. The van der Waals surface area contributed by atoms with Gasteiger partial charge in [-0.3, -0.25) is 19.0 Å². The lowest BCUT2D eigenvalue weighted by molar-refractivity contribution is 0.100. The summed E-state index contributed by atoms with van der Waals surface area (Å²) in [6.07, 6.45) is 0. The summed E-state index contributed by atoms with van der Waals surface area (Å²) in [7, 11) is -8.33. The Balaban J connectivity index is 1.77. The maximum Gasteiger partial charge on any atom is 0.353 e. The third-order valence-electron chi connectivity index (χ3n) is 5.46. The minimum absolute atomic E-state index is 0.105. The quantitative estimate of drug-likeness (QED) is 0.177. The number of benzene rings is 3. The normalized spacial score (nSPS) is 11.4. The predicted molar refractivity (Wildman–Crippen MR) is 147 cm³/mol. The fraction of sp³-hybridized carbons (Fsp3) is 0.0385. The van der Waals surface area contributed by atoms with E-state index < -0.39 is 60.2 Å². The number of nitrogens with one attached hydrogen (secondary N) is 3. The molecule has 0 aliphatic rings. The molecule has 0 aliphatic heterocycles. The minimum Gasteiger partial charge on any atom is -0.506 e. The Morgan fingerprint density at radius 2 is 1.15 bits per heavy atom. The Bertz CT molecular complexity index is 1830. The van der Waals surface area contributed by atoms with Gasteiger partial charge in [-0.2, -0.15) is 0 Å². The summed E-state index contributed by atoms with van der Waals surface area (Å²) in [6.45, 7) is 0.929. The maximum atomic E-state index is 13.0. The molecule has 0 unspecified atom stereocenters. The van der Waals surface area contributed by atoms with Gasteiger partial charge in [0.1, 0.15) is 5.56 Å². The molecule has 4 aromatic rings. The Morgan fingerprint density at radius 1 is 0.707 bits per heavy atom. The van der Waals surface area contributed by atoms with Crippen LogP contribution in [0.2, 0.25) is 0 Å². The molecule has 15 heteroatoms. The molecule has 212 valence electrons. The second-order valence-corrected chi connectivity index (χ2v) is 11.8. The molecule has 0 saturated heterocycles. The van der Waals surface area contributed by atoms with Gasteiger partial charge in [0.25, 0.3) is 26.0 Å². The third kappa shape index (κ3) is 6.37. The fourth-order valence-corrected chi connectivity index (χ4v) is 5.79. The molecule has 13 nitrogen and oxygen atoms in total. The molecule has 1 heterocycles. The number of hydrogen-bond acceptors (Lipinski definition) is 10. The second kappa shape index (κ2) is 11.1. The SMILES string of the molecule is CC(=O)c1c(O)c(C(=O)Nc2cc(NS(=O)(=O)c3ccccc3)cc(NS(=O)(=O)c3ccccc3)c2)c(O)oc1=O. The minimum atomic E-state index is -4.16. The smallest absolute Gasteiger partial charge is 0.353 e. The van der Waals surface area contributed by atoms with Crippen molar-refractivity contribution >= 4 is 48.8 Å². The van der Waals surface area contributed by atoms with Crippen LogP contribution in [0.4, 0.5) is 17.1 Å². The second-order valence-electron chi connectivity index (χ2n) is 8.44. The van der Waals surface area contributed by atoms with E-state index in [1.807, 2.05) is 0 Å². The van der Waals surface area contributed by atoms with E-state index in [0.717, 1.165) is 25.1 Å². The van der Waals surface area contributed by atoms with Crippen molar-refractivity contribution in [1.82, 2.24) is 0 Å². The van der Waals surface area contributed by atoms with Gasteiger partial charge in [-0.05, 0) is 49.4 Å². The third-order valence-corrected chi connectivity index (χ3v) is 8.26. The average molecular weight is 600 g/mol. The number of carbonyl (C=O) groups is 2. The van der Waals surface area contributed by atoms with E-state index in [2.05, 4.69) is 19.2 Å². The van der Waals surface area contributed by atoms with E-state index in [1.165, 1.54) is 48.5 Å². The van der Waals surface area contributed by atoms with Crippen molar-refractivity contribution in [3.8, 4) is 11.7 Å². The van der Waals surface area contributed by atoms with E-state index in [4.69, 9.17) is 0 Å². The van der Waals surface area contributed by atoms with E-state index in [0.29, 0.717) is 0 Å². The number of carbonyl (C=O) groups excluding carboxylic acids is 2. The van der Waals surface area contributed by atoms with Gasteiger partial charge in [-0.15, -0.1) is 0 Å². The van der Waals surface area contributed by atoms with Gasteiger partial charge in [0.15, 0.2) is 17.1 Å². The highest BCUT2D eigenvalue weighted by molar-refractivity contribution is 7.93. The van der Waals surface area contributed by atoms with Crippen LogP contribution in [0.25, 0.3) is 0 Å². The van der Waals surface area contributed by atoms with Crippen molar-refractivity contribution in [2.75, 3.05) is 14.8 Å². The molecule has 3 aromatic carbocycles. The lowest BCUT2D eigenvalue weighted by atomic mass is 10.1. The van der Waals surface area contributed by atoms with Crippen LogP contribution < -0.4 is 20.4 Å². The number of sulfonamides is 2. The molecule has 41 heavy (non-hydrogen) atoms. The standard InChI is InChI=1S/C26H21N3O10S2/c1-15(30)21-23(31)22(26(34)39-25(21)33)24(32)27-16-12-17(28-40(35,36)19-8-4-2-5-9-19)14-18(13-16)29-41(37,38)20-10-6-3-7-11-20/h2-14,28-29,31,34H,1H3,(H,27,32). The molecule has 0 bridgehead atoms. The molecular formula is C26H21N3O10S2. The topological polar surface area (TPSA) is 209 Å². The van der Waals surface area contributed by atoms with Crippen molar-refractivity contribution in [2.45, 2.75) is 16.7 Å². The van der Waals surface area contributed by atoms with Gasteiger partial charge >= 0.3 is 11.6 Å². The number of anilines is 3. The van der Waals surface area contributed by atoms with Gasteiger partial charge in [-0.25, -0.2) is 21.6 Å². The maximum absolute atomic E-state index is 13.0. The van der Waals surface area contributed by atoms with Crippen molar-refractivity contribution in [3.05, 3.63) is 100 Å². The van der Waals surface area contributed by atoms with Crippen LogP contribution in [0.1, 0.15) is 27.6 Å². The zero-order chi connectivity index (χ0) is 29.9. The first-order valence-corrected chi connectivity index (χ1v) is 14.5. The van der Waals surface area contributed by atoms with Crippen LogP contribution in [0.3, 0.4) is 0 Å². The Hall–Kier alpha value is -5.15. The number of amides is 1.